The summed E-state index contributed by atoms with van der Waals surface area (Å²) in [5.41, 5.74) is 7.19. The Bertz CT molecular complexity index is 216. The molecule has 1 aliphatic rings. The minimum Gasteiger partial charge on any atom is -0.411 e. The van der Waals surface area contributed by atoms with E-state index in [1.165, 1.54) is 6.20 Å². The molecule has 1 rings (SSSR count). The summed E-state index contributed by atoms with van der Waals surface area (Å²) < 4.78 is 0. The Morgan fingerprint density at radius 3 is 3.09 bits per heavy atom. The van der Waals surface area contributed by atoms with Gasteiger partial charge in [-0.15, -0.1) is 0 Å². The van der Waals surface area contributed by atoms with E-state index in [0.717, 1.165) is 30.5 Å². The summed E-state index contributed by atoms with van der Waals surface area (Å²) in [5.74, 6) is 0. The molecule has 60 valence electrons. The van der Waals surface area contributed by atoms with Crippen LogP contribution >= 0.6 is 0 Å². The van der Waals surface area contributed by atoms with Crippen LogP contribution in [0.1, 0.15) is 19.3 Å². The van der Waals surface area contributed by atoms with E-state index in [0.29, 0.717) is 0 Å². The predicted molar refractivity (Wildman–Crippen MR) is 44.5 cm³/mol. The highest BCUT2D eigenvalue weighted by Crippen LogP contribution is 2.15. The van der Waals surface area contributed by atoms with Crippen molar-refractivity contribution in [1.82, 2.24) is 0 Å². The molecule has 0 aromatic rings. The largest absolute Gasteiger partial charge is 0.411 e. The van der Waals surface area contributed by atoms with Gasteiger partial charge in [0.1, 0.15) is 0 Å². The van der Waals surface area contributed by atoms with Crippen LogP contribution < -0.4 is 5.73 Å². The molecule has 0 saturated carbocycles. The molecule has 0 amide bonds. The van der Waals surface area contributed by atoms with Gasteiger partial charge >= 0.3 is 0 Å². The molecule has 0 heterocycles. The average molecular weight is 152 g/mol. The second kappa shape index (κ2) is 3.81. The zero-order chi connectivity index (χ0) is 8.10. The molecule has 0 atom stereocenters. The summed E-state index contributed by atoms with van der Waals surface area (Å²) in [6.45, 7) is 0. The van der Waals surface area contributed by atoms with Gasteiger partial charge in [0.15, 0.2) is 0 Å². The molecule has 0 aromatic carbocycles. The summed E-state index contributed by atoms with van der Waals surface area (Å²) in [7, 11) is 0. The second-order valence-electron chi connectivity index (χ2n) is 2.52. The molecule has 0 spiro atoms. The predicted octanol–water partition coefficient (Wildman–Crippen LogP) is 1.40. The highest BCUT2D eigenvalue weighted by molar-refractivity contribution is 5.87. The van der Waals surface area contributed by atoms with Crippen LogP contribution in [0.15, 0.2) is 29.1 Å². The number of oxime groups is 1. The number of hydrogen-bond acceptors (Lipinski definition) is 3. The van der Waals surface area contributed by atoms with Crippen molar-refractivity contribution in [3.05, 3.63) is 23.9 Å². The third kappa shape index (κ3) is 2.11. The van der Waals surface area contributed by atoms with E-state index in [1.807, 2.05) is 6.08 Å². The third-order valence-electron chi connectivity index (χ3n) is 1.70. The quantitative estimate of drug-likeness (QED) is 0.440. The summed E-state index contributed by atoms with van der Waals surface area (Å²) in [4.78, 5) is 0. The van der Waals surface area contributed by atoms with Gasteiger partial charge in [0, 0.05) is 6.42 Å². The Morgan fingerprint density at radius 2 is 2.45 bits per heavy atom. The average Bonchev–Trinajstić information content (AvgIpc) is 2.06. The van der Waals surface area contributed by atoms with Gasteiger partial charge in [-0.1, -0.05) is 11.2 Å². The maximum atomic E-state index is 8.48. The molecular formula is C8H12N2O. The topological polar surface area (TPSA) is 58.6 Å². The van der Waals surface area contributed by atoms with Crippen LogP contribution in [0.3, 0.4) is 0 Å². The Labute approximate surface area is 65.9 Å². The summed E-state index contributed by atoms with van der Waals surface area (Å²) in [6.07, 6.45) is 7.98. The van der Waals surface area contributed by atoms with E-state index in [2.05, 4.69) is 11.2 Å². The number of rotatable bonds is 1. The Morgan fingerprint density at radius 1 is 1.64 bits per heavy atom. The summed E-state index contributed by atoms with van der Waals surface area (Å²) in [6, 6.07) is 0. The fourth-order valence-electron chi connectivity index (χ4n) is 1.16. The highest BCUT2D eigenvalue weighted by Gasteiger charge is 2.07. The smallest absolute Gasteiger partial charge is 0.0617 e. The summed E-state index contributed by atoms with van der Waals surface area (Å²) in [5, 5.41) is 11.7. The van der Waals surface area contributed by atoms with Crippen molar-refractivity contribution in [2.24, 2.45) is 10.9 Å². The molecule has 0 bridgehead atoms. The first-order chi connectivity index (χ1) is 5.36. The van der Waals surface area contributed by atoms with Crippen LogP contribution in [-0.4, -0.2) is 10.9 Å². The van der Waals surface area contributed by atoms with E-state index < -0.39 is 0 Å². The van der Waals surface area contributed by atoms with Crippen molar-refractivity contribution in [1.29, 1.82) is 0 Å². The molecule has 11 heavy (non-hydrogen) atoms. The lowest BCUT2D eigenvalue weighted by molar-refractivity contribution is 0.316. The van der Waals surface area contributed by atoms with Gasteiger partial charge in [0.2, 0.25) is 0 Å². The summed E-state index contributed by atoms with van der Waals surface area (Å²) >= 11 is 0. The van der Waals surface area contributed by atoms with Crippen LogP contribution in [0.2, 0.25) is 0 Å². The van der Waals surface area contributed by atoms with Crippen molar-refractivity contribution < 1.29 is 5.21 Å². The normalized spacial score (nSPS) is 22.5. The van der Waals surface area contributed by atoms with E-state index >= 15 is 0 Å². The van der Waals surface area contributed by atoms with Gasteiger partial charge in [0.25, 0.3) is 0 Å². The first-order valence-corrected chi connectivity index (χ1v) is 3.64. The Kier molecular flexibility index (Phi) is 2.72. The lowest BCUT2D eigenvalue weighted by atomic mass is 9.98. The first-order valence-electron chi connectivity index (χ1n) is 3.64. The Balaban J connectivity index is 2.63. The van der Waals surface area contributed by atoms with Gasteiger partial charge in [-0.3, -0.25) is 0 Å². The maximum absolute atomic E-state index is 8.48. The fraction of sp³-hybridized carbons (Fsp3) is 0.375. The molecule has 0 unspecified atom stereocenters. The molecule has 0 aromatic heterocycles. The van der Waals surface area contributed by atoms with Gasteiger partial charge in [0.05, 0.1) is 5.71 Å². The lowest BCUT2D eigenvalue weighted by Gasteiger charge is -2.09. The van der Waals surface area contributed by atoms with E-state index in [9.17, 15) is 0 Å². The van der Waals surface area contributed by atoms with Crippen LogP contribution in [0.25, 0.3) is 0 Å². The van der Waals surface area contributed by atoms with Gasteiger partial charge < -0.3 is 10.9 Å². The standard InChI is InChI=1S/C8H12N2O/c9-5-4-7-2-1-3-8(6-7)10-11/h2,4-5,11H,1,3,6,9H2/b5-4-,10-8+. The number of nitrogens with zero attached hydrogens (tertiary/aromatic N) is 1. The minimum atomic E-state index is 0.726. The molecule has 0 radical (unpaired) electrons. The van der Waals surface area contributed by atoms with Gasteiger partial charge in [-0.25, -0.2) is 0 Å². The lowest BCUT2D eigenvalue weighted by Crippen LogP contribution is -2.04. The first kappa shape index (κ1) is 7.85. The minimum absolute atomic E-state index is 0.726. The van der Waals surface area contributed by atoms with Crippen molar-refractivity contribution in [2.75, 3.05) is 0 Å². The van der Waals surface area contributed by atoms with Crippen LogP contribution in [0.4, 0.5) is 0 Å². The Hall–Kier alpha value is -1.25. The zero-order valence-electron chi connectivity index (χ0n) is 6.33. The van der Waals surface area contributed by atoms with E-state index in [4.69, 9.17) is 10.9 Å². The molecular weight excluding hydrogens is 140 g/mol. The SMILES string of the molecule is N/C=C\C1=CCC/C(=N\O)C1. The van der Waals surface area contributed by atoms with E-state index in [-0.39, 0.29) is 0 Å². The van der Waals surface area contributed by atoms with Crippen LogP contribution in [0.5, 0.6) is 0 Å². The highest BCUT2D eigenvalue weighted by atomic mass is 16.4. The molecule has 0 aliphatic heterocycles. The van der Waals surface area contributed by atoms with Crippen molar-refractivity contribution >= 4 is 5.71 Å². The molecule has 3 heteroatoms. The van der Waals surface area contributed by atoms with Crippen molar-refractivity contribution in [3.63, 3.8) is 0 Å². The monoisotopic (exact) mass is 152 g/mol. The van der Waals surface area contributed by atoms with Crippen molar-refractivity contribution in [2.45, 2.75) is 19.3 Å². The zero-order valence-corrected chi connectivity index (χ0v) is 6.33. The van der Waals surface area contributed by atoms with E-state index in [1.54, 1.807) is 0 Å². The van der Waals surface area contributed by atoms with Crippen molar-refractivity contribution in [3.8, 4) is 0 Å². The van der Waals surface area contributed by atoms with Gasteiger partial charge in [-0.2, -0.15) is 0 Å². The number of nitrogens with two attached hydrogens (primary N) is 1. The third-order valence-corrected chi connectivity index (χ3v) is 1.70. The number of allylic oxidation sites excluding steroid dienone is 3. The second-order valence-corrected chi connectivity index (χ2v) is 2.52. The number of hydrogen-bond donors (Lipinski definition) is 2. The van der Waals surface area contributed by atoms with Crippen LogP contribution in [0, 0.1) is 0 Å². The molecule has 3 N–H and O–H groups in total. The fourth-order valence-corrected chi connectivity index (χ4v) is 1.16. The molecule has 1 aliphatic carbocycles. The van der Waals surface area contributed by atoms with Gasteiger partial charge in [-0.05, 0) is 30.7 Å². The molecule has 0 fully saturated rings. The maximum Gasteiger partial charge on any atom is 0.0617 e. The van der Waals surface area contributed by atoms with Crippen LogP contribution in [-0.2, 0) is 0 Å². The molecule has 0 saturated heterocycles. The molecule has 3 nitrogen and oxygen atoms in total.